The second-order valence-corrected chi connectivity index (χ2v) is 1.79. The van der Waals surface area contributed by atoms with Crippen LogP contribution in [-0.2, 0) is 0 Å². The van der Waals surface area contributed by atoms with Gasteiger partial charge < -0.3 is 5.73 Å². The van der Waals surface area contributed by atoms with Gasteiger partial charge in [-0.3, -0.25) is 0 Å². The Balaban J connectivity index is 3.17. The van der Waals surface area contributed by atoms with E-state index in [9.17, 15) is 4.39 Å². The van der Waals surface area contributed by atoms with Crippen LogP contribution >= 0.6 is 11.6 Å². The number of rotatable bonds is 0. The van der Waals surface area contributed by atoms with Gasteiger partial charge in [0.2, 0.25) is 0 Å². The van der Waals surface area contributed by atoms with Crippen molar-refractivity contribution >= 4 is 17.4 Å². The lowest BCUT2D eigenvalue weighted by Gasteiger charge is -1.90. The Morgan fingerprint density at radius 1 is 1.56 bits per heavy atom. The van der Waals surface area contributed by atoms with Gasteiger partial charge in [0, 0.05) is 6.07 Å². The Hall–Kier alpha value is -0.900. The van der Waals surface area contributed by atoms with Gasteiger partial charge in [-0.05, 0) is 0 Å². The summed E-state index contributed by atoms with van der Waals surface area (Å²) < 4.78 is 12.3. The molecular formula is C4H3ClFN3. The molecule has 0 aromatic carbocycles. The third kappa shape index (κ3) is 1.26. The molecule has 0 unspecified atom stereocenters. The molecule has 5 heteroatoms. The van der Waals surface area contributed by atoms with Crippen molar-refractivity contribution in [2.45, 2.75) is 0 Å². The molecule has 0 fully saturated rings. The summed E-state index contributed by atoms with van der Waals surface area (Å²) >= 11 is 5.25. The average molecular weight is 148 g/mol. The number of anilines is 1. The van der Waals surface area contributed by atoms with Crippen LogP contribution in [0.25, 0.3) is 0 Å². The van der Waals surface area contributed by atoms with Crippen molar-refractivity contribution in [1.29, 1.82) is 0 Å². The molecule has 0 spiro atoms. The molecule has 0 aliphatic rings. The maximum absolute atomic E-state index is 12.3. The minimum absolute atomic E-state index is 0.00157. The lowest BCUT2D eigenvalue weighted by atomic mass is 10.5. The van der Waals surface area contributed by atoms with Crippen molar-refractivity contribution in [3.8, 4) is 0 Å². The lowest BCUT2D eigenvalue weighted by Crippen LogP contribution is -1.96. The molecule has 3 nitrogen and oxygen atoms in total. The molecule has 0 saturated carbocycles. The van der Waals surface area contributed by atoms with Gasteiger partial charge >= 0.3 is 0 Å². The standard InChI is InChI=1S/C4H3ClFN3/c5-3-1-2(6)4(7)9-8-3/h1H,(H2,7,9). The van der Waals surface area contributed by atoms with Crippen LogP contribution in [0.2, 0.25) is 5.15 Å². The number of nitrogens with zero attached hydrogens (tertiary/aromatic N) is 2. The van der Waals surface area contributed by atoms with E-state index >= 15 is 0 Å². The summed E-state index contributed by atoms with van der Waals surface area (Å²) in [5, 5.41) is 6.49. The number of nitrogens with two attached hydrogens (primary N) is 1. The lowest BCUT2D eigenvalue weighted by molar-refractivity contribution is 0.621. The Bertz CT molecular complexity index is 227. The fraction of sp³-hybridized carbons (Fsp3) is 0. The highest BCUT2D eigenvalue weighted by atomic mass is 35.5. The van der Waals surface area contributed by atoms with Gasteiger partial charge in [0.15, 0.2) is 16.8 Å². The van der Waals surface area contributed by atoms with E-state index in [2.05, 4.69) is 10.2 Å². The predicted octanol–water partition coefficient (Wildman–Crippen LogP) is 0.851. The molecule has 0 radical (unpaired) electrons. The molecule has 48 valence electrons. The summed E-state index contributed by atoms with van der Waals surface area (Å²) in [5.41, 5.74) is 4.98. The highest BCUT2D eigenvalue weighted by molar-refractivity contribution is 6.29. The first-order chi connectivity index (χ1) is 4.20. The van der Waals surface area contributed by atoms with Gasteiger partial charge in [0.1, 0.15) is 0 Å². The normalized spacial score (nSPS) is 9.56. The van der Waals surface area contributed by atoms with Gasteiger partial charge in [-0.15, -0.1) is 10.2 Å². The topological polar surface area (TPSA) is 51.8 Å². The monoisotopic (exact) mass is 147 g/mol. The van der Waals surface area contributed by atoms with E-state index in [1.807, 2.05) is 0 Å². The quantitative estimate of drug-likeness (QED) is 0.592. The van der Waals surface area contributed by atoms with Crippen molar-refractivity contribution in [2.24, 2.45) is 0 Å². The molecule has 0 amide bonds. The van der Waals surface area contributed by atoms with Crippen LogP contribution in [0.15, 0.2) is 6.07 Å². The van der Waals surface area contributed by atoms with Crippen molar-refractivity contribution in [3.63, 3.8) is 0 Å². The van der Waals surface area contributed by atoms with Gasteiger partial charge in [0.25, 0.3) is 0 Å². The summed E-state index contributed by atoms with van der Waals surface area (Å²) in [5.74, 6) is -0.880. The minimum Gasteiger partial charge on any atom is -0.380 e. The second kappa shape index (κ2) is 2.14. The van der Waals surface area contributed by atoms with E-state index < -0.39 is 5.82 Å². The smallest absolute Gasteiger partial charge is 0.182 e. The van der Waals surface area contributed by atoms with Crippen LogP contribution in [0.4, 0.5) is 10.2 Å². The SMILES string of the molecule is Nc1nnc(Cl)cc1F. The van der Waals surface area contributed by atoms with Crippen molar-refractivity contribution in [1.82, 2.24) is 10.2 Å². The zero-order valence-corrected chi connectivity index (χ0v) is 5.06. The summed E-state index contributed by atoms with van der Waals surface area (Å²) in [6.45, 7) is 0. The van der Waals surface area contributed by atoms with Crippen LogP contribution in [0.3, 0.4) is 0 Å². The molecule has 0 atom stereocenters. The minimum atomic E-state index is -0.644. The third-order valence-corrected chi connectivity index (χ3v) is 0.928. The fourth-order valence-corrected chi connectivity index (χ4v) is 0.490. The summed E-state index contributed by atoms with van der Waals surface area (Å²) in [7, 11) is 0. The highest BCUT2D eigenvalue weighted by Crippen LogP contribution is 2.08. The zero-order chi connectivity index (χ0) is 6.85. The van der Waals surface area contributed by atoms with Gasteiger partial charge in [-0.25, -0.2) is 4.39 Å². The molecule has 9 heavy (non-hydrogen) atoms. The van der Waals surface area contributed by atoms with E-state index in [4.69, 9.17) is 17.3 Å². The van der Waals surface area contributed by atoms with Crippen LogP contribution in [0, 0.1) is 5.82 Å². The first-order valence-electron chi connectivity index (χ1n) is 2.14. The molecule has 0 bridgehead atoms. The predicted molar refractivity (Wildman–Crippen MR) is 31.4 cm³/mol. The van der Waals surface area contributed by atoms with Crippen LogP contribution in [0.5, 0.6) is 0 Å². The number of aromatic nitrogens is 2. The largest absolute Gasteiger partial charge is 0.380 e. The molecule has 0 aliphatic heterocycles. The number of halogens is 2. The highest BCUT2D eigenvalue weighted by Gasteiger charge is 1.98. The van der Waals surface area contributed by atoms with Crippen LogP contribution in [-0.4, -0.2) is 10.2 Å². The maximum Gasteiger partial charge on any atom is 0.182 e. The second-order valence-electron chi connectivity index (χ2n) is 1.40. The molecule has 2 N–H and O–H groups in total. The molecular weight excluding hydrogens is 145 g/mol. The molecule has 0 aliphatic carbocycles. The third-order valence-electron chi connectivity index (χ3n) is 0.744. The Morgan fingerprint density at radius 3 is 2.67 bits per heavy atom. The van der Waals surface area contributed by atoms with E-state index in [-0.39, 0.29) is 11.0 Å². The Morgan fingerprint density at radius 2 is 2.22 bits per heavy atom. The van der Waals surface area contributed by atoms with E-state index in [1.165, 1.54) is 0 Å². The van der Waals surface area contributed by atoms with E-state index in [1.54, 1.807) is 0 Å². The van der Waals surface area contributed by atoms with Crippen LogP contribution < -0.4 is 5.73 Å². The molecule has 0 saturated heterocycles. The summed E-state index contributed by atoms with van der Waals surface area (Å²) in [6.07, 6.45) is 0. The Kier molecular flexibility index (Phi) is 1.48. The number of nitrogen functional groups attached to an aromatic ring is 1. The first kappa shape index (κ1) is 6.22. The number of hydrogen-bond donors (Lipinski definition) is 1. The molecule has 1 heterocycles. The molecule has 1 aromatic rings. The Labute approximate surface area is 55.6 Å². The molecule has 1 rings (SSSR count). The maximum atomic E-state index is 12.3. The van der Waals surface area contributed by atoms with Crippen LogP contribution in [0.1, 0.15) is 0 Å². The van der Waals surface area contributed by atoms with Crippen molar-refractivity contribution in [3.05, 3.63) is 17.0 Å². The number of hydrogen-bond acceptors (Lipinski definition) is 3. The summed E-state index contributed by atoms with van der Waals surface area (Å²) in [6, 6.07) is 1.00. The summed E-state index contributed by atoms with van der Waals surface area (Å²) in [4.78, 5) is 0. The van der Waals surface area contributed by atoms with Crippen molar-refractivity contribution in [2.75, 3.05) is 5.73 Å². The van der Waals surface area contributed by atoms with Gasteiger partial charge in [-0.1, -0.05) is 11.6 Å². The zero-order valence-electron chi connectivity index (χ0n) is 4.31. The van der Waals surface area contributed by atoms with Gasteiger partial charge in [0.05, 0.1) is 0 Å². The first-order valence-corrected chi connectivity index (χ1v) is 2.52. The molecule has 1 aromatic heterocycles. The van der Waals surface area contributed by atoms with Crippen molar-refractivity contribution < 1.29 is 4.39 Å². The average Bonchev–Trinajstić information content (AvgIpc) is 1.80. The fourth-order valence-electron chi connectivity index (χ4n) is 0.357. The van der Waals surface area contributed by atoms with Gasteiger partial charge in [-0.2, -0.15) is 0 Å². The van der Waals surface area contributed by atoms with E-state index in [0.717, 1.165) is 6.07 Å². The van der Waals surface area contributed by atoms with E-state index in [0.29, 0.717) is 0 Å².